The molecular formula is C12H14N2S. The Morgan fingerprint density at radius 3 is 3.07 bits per heavy atom. The number of nitrogens with one attached hydrogen (secondary N) is 1. The second-order valence-corrected chi connectivity index (χ2v) is 3.92. The molecule has 78 valence electrons. The summed E-state index contributed by atoms with van der Waals surface area (Å²) >= 11 is 5.32. The molecule has 1 aromatic rings. The molecule has 1 aliphatic heterocycles. The Labute approximate surface area is 95.6 Å². The molecule has 0 bridgehead atoms. The summed E-state index contributed by atoms with van der Waals surface area (Å²) in [5.74, 6) is 0. The van der Waals surface area contributed by atoms with E-state index in [1.165, 1.54) is 5.69 Å². The number of rotatable bonds is 2. The van der Waals surface area contributed by atoms with Gasteiger partial charge in [0.2, 0.25) is 0 Å². The fraction of sp³-hybridized carbons (Fsp3) is 0.250. The van der Waals surface area contributed by atoms with Crippen molar-refractivity contribution in [1.29, 1.82) is 0 Å². The van der Waals surface area contributed by atoms with Crippen molar-refractivity contribution in [3.8, 4) is 0 Å². The lowest BCUT2D eigenvalue weighted by Crippen LogP contribution is -2.29. The number of hydrogen-bond donors (Lipinski definition) is 1. The van der Waals surface area contributed by atoms with E-state index in [4.69, 9.17) is 12.2 Å². The van der Waals surface area contributed by atoms with Crippen molar-refractivity contribution in [2.45, 2.75) is 0 Å². The van der Waals surface area contributed by atoms with Crippen molar-refractivity contribution < 1.29 is 0 Å². The Kier molecular flexibility index (Phi) is 3.02. The number of anilines is 1. The maximum atomic E-state index is 5.32. The monoisotopic (exact) mass is 218 g/mol. The first-order chi connectivity index (χ1) is 7.33. The fourth-order valence-corrected chi connectivity index (χ4v) is 2.08. The molecule has 0 spiro atoms. The summed E-state index contributed by atoms with van der Waals surface area (Å²) in [4.78, 5) is 3.13. The van der Waals surface area contributed by atoms with Crippen LogP contribution < -0.4 is 10.2 Å². The smallest absolute Gasteiger partial charge is 0.108 e. The number of hydrogen-bond acceptors (Lipinski definition) is 2. The molecule has 2 rings (SSSR count). The summed E-state index contributed by atoms with van der Waals surface area (Å²) in [5.41, 5.74) is 2.32. The second kappa shape index (κ2) is 4.45. The molecule has 0 aliphatic carbocycles. The highest BCUT2D eigenvalue weighted by Crippen LogP contribution is 2.22. The van der Waals surface area contributed by atoms with E-state index in [1.807, 2.05) is 18.2 Å². The van der Waals surface area contributed by atoms with Gasteiger partial charge in [-0.25, -0.2) is 0 Å². The summed E-state index contributed by atoms with van der Waals surface area (Å²) in [6.07, 6.45) is 1.92. The van der Waals surface area contributed by atoms with Crippen LogP contribution in [0.5, 0.6) is 0 Å². The van der Waals surface area contributed by atoms with E-state index in [-0.39, 0.29) is 0 Å². The molecular weight excluding hydrogens is 204 g/mol. The Morgan fingerprint density at radius 1 is 1.47 bits per heavy atom. The molecule has 0 aromatic heterocycles. The van der Waals surface area contributed by atoms with Gasteiger partial charge in [0, 0.05) is 30.9 Å². The van der Waals surface area contributed by atoms with Crippen LogP contribution in [0.25, 0.3) is 0 Å². The lowest BCUT2D eigenvalue weighted by Gasteiger charge is -2.22. The van der Waals surface area contributed by atoms with Gasteiger partial charge < -0.3 is 10.2 Å². The van der Waals surface area contributed by atoms with Gasteiger partial charge in [0.05, 0.1) is 0 Å². The zero-order valence-corrected chi connectivity index (χ0v) is 9.39. The minimum atomic E-state index is 0.845. The van der Waals surface area contributed by atoms with Gasteiger partial charge in [-0.15, -0.1) is 6.58 Å². The van der Waals surface area contributed by atoms with Gasteiger partial charge in [0.25, 0.3) is 0 Å². The lowest BCUT2D eigenvalue weighted by molar-refractivity contribution is 0.814. The molecule has 0 unspecified atom stereocenters. The van der Waals surface area contributed by atoms with Gasteiger partial charge in [-0.2, -0.15) is 0 Å². The molecule has 15 heavy (non-hydrogen) atoms. The van der Waals surface area contributed by atoms with Crippen molar-refractivity contribution in [3.05, 3.63) is 42.5 Å². The third-order valence-corrected chi connectivity index (χ3v) is 2.87. The van der Waals surface area contributed by atoms with E-state index in [9.17, 15) is 0 Å². The van der Waals surface area contributed by atoms with E-state index in [0.29, 0.717) is 0 Å². The minimum absolute atomic E-state index is 0.845. The molecule has 0 saturated heterocycles. The van der Waals surface area contributed by atoms with Crippen LogP contribution in [-0.4, -0.2) is 24.6 Å². The summed E-state index contributed by atoms with van der Waals surface area (Å²) in [6, 6.07) is 8.23. The highest BCUT2D eigenvalue weighted by Gasteiger charge is 2.16. The first-order valence-electron chi connectivity index (χ1n) is 5.06. The van der Waals surface area contributed by atoms with E-state index in [0.717, 1.165) is 30.2 Å². The standard InChI is InChI=1S/C12H14N2S/c1-2-8-14-9-7-13-12(15)10-5-3-4-6-11(10)14/h2-6H,1,7-9H2,(H,13,15). The van der Waals surface area contributed by atoms with Gasteiger partial charge >= 0.3 is 0 Å². The molecule has 0 saturated carbocycles. The number of benzene rings is 1. The van der Waals surface area contributed by atoms with Crippen LogP contribution in [0.3, 0.4) is 0 Å². The minimum Gasteiger partial charge on any atom is -0.374 e. The van der Waals surface area contributed by atoms with E-state index in [1.54, 1.807) is 0 Å². The van der Waals surface area contributed by atoms with Crippen molar-refractivity contribution in [1.82, 2.24) is 5.32 Å². The predicted octanol–water partition coefficient (Wildman–Crippen LogP) is 1.96. The van der Waals surface area contributed by atoms with Gasteiger partial charge in [-0.1, -0.05) is 30.4 Å². The summed E-state index contributed by atoms with van der Waals surface area (Å²) in [7, 11) is 0. The SMILES string of the molecule is C=CCN1CCNC(=S)c2ccccc21. The second-order valence-electron chi connectivity index (χ2n) is 3.51. The van der Waals surface area contributed by atoms with Crippen LogP contribution >= 0.6 is 12.2 Å². The van der Waals surface area contributed by atoms with Crippen LogP contribution in [0.2, 0.25) is 0 Å². The number of para-hydroxylation sites is 1. The maximum absolute atomic E-state index is 5.32. The zero-order valence-electron chi connectivity index (χ0n) is 8.57. The third-order valence-electron chi connectivity index (χ3n) is 2.51. The quantitative estimate of drug-likeness (QED) is 0.603. The molecule has 1 aliphatic rings. The van der Waals surface area contributed by atoms with Crippen LogP contribution in [0.1, 0.15) is 5.56 Å². The average molecular weight is 218 g/mol. The van der Waals surface area contributed by atoms with Crippen LogP contribution in [0.15, 0.2) is 36.9 Å². The molecule has 1 aromatic carbocycles. The predicted molar refractivity (Wildman–Crippen MR) is 68.6 cm³/mol. The summed E-state index contributed by atoms with van der Waals surface area (Å²) < 4.78 is 0. The normalized spacial score (nSPS) is 15.2. The first kappa shape index (κ1) is 10.2. The summed E-state index contributed by atoms with van der Waals surface area (Å²) in [6.45, 7) is 6.50. The van der Waals surface area contributed by atoms with Gasteiger partial charge in [0.15, 0.2) is 0 Å². The Morgan fingerprint density at radius 2 is 2.27 bits per heavy atom. The molecule has 0 amide bonds. The van der Waals surface area contributed by atoms with E-state index >= 15 is 0 Å². The largest absolute Gasteiger partial charge is 0.374 e. The molecule has 1 heterocycles. The zero-order chi connectivity index (χ0) is 10.7. The first-order valence-corrected chi connectivity index (χ1v) is 5.47. The Bertz CT molecular complexity index is 387. The van der Waals surface area contributed by atoms with E-state index < -0.39 is 0 Å². The van der Waals surface area contributed by atoms with Crippen molar-refractivity contribution in [2.24, 2.45) is 0 Å². The molecule has 0 radical (unpaired) electrons. The highest BCUT2D eigenvalue weighted by atomic mass is 32.1. The number of fused-ring (bicyclic) bond motifs is 1. The van der Waals surface area contributed by atoms with Crippen LogP contribution in [-0.2, 0) is 0 Å². The lowest BCUT2D eigenvalue weighted by atomic mass is 10.1. The van der Waals surface area contributed by atoms with Gasteiger partial charge in [-0.3, -0.25) is 0 Å². The highest BCUT2D eigenvalue weighted by molar-refractivity contribution is 7.80. The summed E-state index contributed by atoms with van der Waals surface area (Å²) in [5, 5.41) is 3.24. The fourth-order valence-electron chi connectivity index (χ4n) is 1.81. The molecule has 3 heteroatoms. The number of nitrogens with zero attached hydrogens (tertiary/aromatic N) is 1. The van der Waals surface area contributed by atoms with Crippen molar-refractivity contribution in [2.75, 3.05) is 24.5 Å². The third kappa shape index (κ3) is 2.02. The molecule has 0 atom stereocenters. The van der Waals surface area contributed by atoms with Gasteiger partial charge in [0.1, 0.15) is 4.99 Å². The Balaban J connectivity index is 2.42. The van der Waals surface area contributed by atoms with Crippen LogP contribution in [0, 0.1) is 0 Å². The molecule has 2 nitrogen and oxygen atoms in total. The van der Waals surface area contributed by atoms with Crippen molar-refractivity contribution >= 4 is 22.9 Å². The number of thiocarbonyl (C=S) groups is 1. The average Bonchev–Trinajstić information content (AvgIpc) is 2.41. The van der Waals surface area contributed by atoms with Gasteiger partial charge in [-0.05, 0) is 12.1 Å². The molecule has 0 fully saturated rings. The van der Waals surface area contributed by atoms with E-state index in [2.05, 4.69) is 28.9 Å². The molecule has 1 N–H and O–H groups in total. The van der Waals surface area contributed by atoms with Crippen molar-refractivity contribution in [3.63, 3.8) is 0 Å². The topological polar surface area (TPSA) is 15.3 Å². The Hall–Kier alpha value is -1.35. The van der Waals surface area contributed by atoms with Crippen LogP contribution in [0.4, 0.5) is 5.69 Å². The maximum Gasteiger partial charge on any atom is 0.108 e.